The monoisotopic (exact) mass is 461 g/mol. The van der Waals surface area contributed by atoms with Crippen LogP contribution in [0.1, 0.15) is 31.4 Å². The molecule has 34 heavy (non-hydrogen) atoms. The molecule has 5 rings (SSSR count). The van der Waals surface area contributed by atoms with Gasteiger partial charge in [-0.1, -0.05) is 19.9 Å². The van der Waals surface area contributed by atoms with Crippen LogP contribution < -0.4 is 10.2 Å². The van der Waals surface area contributed by atoms with Gasteiger partial charge in [0.2, 0.25) is 0 Å². The predicted octanol–water partition coefficient (Wildman–Crippen LogP) is 4.96. The average Bonchev–Trinajstić information content (AvgIpc) is 3.51. The molecule has 0 saturated carbocycles. The molecular weight excluding hydrogens is 426 g/mol. The van der Waals surface area contributed by atoms with Crippen molar-refractivity contribution in [2.24, 2.45) is 11.8 Å². The van der Waals surface area contributed by atoms with E-state index in [4.69, 9.17) is 4.74 Å². The first-order valence-electron chi connectivity index (χ1n) is 12.4. The lowest BCUT2D eigenvalue weighted by atomic mass is 9.95. The number of nitrogens with one attached hydrogen (secondary N) is 1. The van der Waals surface area contributed by atoms with Crippen LogP contribution in [0.3, 0.4) is 0 Å². The van der Waals surface area contributed by atoms with Crippen LogP contribution in [-0.2, 0) is 4.74 Å². The first-order chi connectivity index (χ1) is 16.4. The quantitative estimate of drug-likeness (QED) is 0.596. The molecule has 0 bridgehead atoms. The number of ether oxygens (including phenoxy) is 1. The highest BCUT2D eigenvalue weighted by molar-refractivity contribution is 5.92. The number of likely N-dealkylation sites (tertiary alicyclic amines) is 1. The van der Waals surface area contributed by atoms with Crippen molar-refractivity contribution >= 4 is 23.1 Å². The molecule has 0 radical (unpaired) electrons. The van der Waals surface area contributed by atoms with Crippen molar-refractivity contribution in [3.05, 3.63) is 47.9 Å². The summed E-state index contributed by atoms with van der Waals surface area (Å²) in [6.07, 6.45) is 7.05. The van der Waals surface area contributed by atoms with Gasteiger partial charge in [-0.3, -0.25) is 0 Å². The van der Waals surface area contributed by atoms with E-state index in [1.165, 1.54) is 5.56 Å². The fourth-order valence-corrected chi connectivity index (χ4v) is 5.21. The number of pyridine rings is 1. The van der Waals surface area contributed by atoms with Gasteiger partial charge in [0.05, 0.1) is 18.9 Å². The van der Waals surface area contributed by atoms with Gasteiger partial charge in [-0.2, -0.15) is 0 Å². The van der Waals surface area contributed by atoms with E-state index in [2.05, 4.69) is 71.7 Å². The number of hydrogen-bond donors (Lipinski definition) is 1. The van der Waals surface area contributed by atoms with Gasteiger partial charge < -0.3 is 24.3 Å². The molecule has 3 aromatic rings. The molecule has 2 aliphatic heterocycles. The number of benzene rings is 1. The molecule has 7 heteroatoms. The first-order valence-corrected chi connectivity index (χ1v) is 12.4. The number of fused-ring (bicyclic) bond motifs is 1. The Balaban J connectivity index is 1.46. The molecule has 1 aromatic carbocycles. The van der Waals surface area contributed by atoms with Gasteiger partial charge in [0.15, 0.2) is 5.65 Å². The van der Waals surface area contributed by atoms with Gasteiger partial charge >= 0.3 is 6.03 Å². The minimum absolute atomic E-state index is 0.000112. The van der Waals surface area contributed by atoms with E-state index in [1.807, 2.05) is 17.3 Å². The van der Waals surface area contributed by atoms with Crippen LogP contribution in [0.4, 0.5) is 16.2 Å². The molecule has 180 valence electrons. The number of morpholine rings is 1. The van der Waals surface area contributed by atoms with E-state index in [1.54, 1.807) is 0 Å². The zero-order chi connectivity index (χ0) is 23.8. The molecule has 1 atom stereocenters. The standard InChI is InChI=1S/C27H35N5O2/c1-18(2)21-5-7-32(16-21)27(33)29-24-15-23(19(3)13-20(24)4)22-14-25(30-9-11-34-12-10-30)26-28-6-8-31(26)17-22/h6,8,13-15,17-18,21H,5,7,9-12,16H2,1-4H3,(H,29,33)/t21-/m1/s1. The summed E-state index contributed by atoms with van der Waals surface area (Å²) in [5.41, 5.74) is 7.44. The SMILES string of the molecule is Cc1cc(C)c(-c2cc(N3CCOCC3)c3nccn3c2)cc1NC(=O)N1CC[C@@H](C(C)C)C1. The van der Waals surface area contributed by atoms with Crippen molar-refractivity contribution in [2.75, 3.05) is 49.6 Å². The van der Waals surface area contributed by atoms with E-state index < -0.39 is 0 Å². The van der Waals surface area contributed by atoms with Crippen LogP contribution in [0.25, 0.3) is 16.8 Å². The van der Waals surface area contributed by atoms with Crippen LogP contribution in [0.15, 0.2) is 36.8 Å². The number of aromatic nitrogens is 2. The number of amides is 2. The van der Waals surface area contributed by atoms with Crippen molar-refractivity contribution in [3.63, 3.8) is 0 Å². The number of anilines is 2. The smallest absolute Gasteiger partial charge is 0.321 e. The topological polar surface area (TPSA) is 62.1 Å². The lowest BCUT2D eigenvalue weighted by Gasteiger charge is -2.29. The Hall–Kier alpha value is -3.06. The number of aryl methyl sites for hydroxylation is 2. The summed E-state index contributed by atoms with van der Waals surface area (Å²) in [7, 11) is 0. The second-order valence-corrected chi connectivity index (χ2v) is 10.0. The molecule has 2 aromatic heterocycles. The molecular formula is C27H35N5O2. The summed E-state index contributed by atoms with van der Waals surface area (Å²) in [6, 6.07) is 6.52. The number of carbonyl (C=O) groups is 1. The fourth-order valence-electron chi connectivity index (χ4n) is 5.21. The third-order valence-corrected chi connectivity index (χ3v) is 7.40. The van der Waals surface area contributed by atoms with Crippen molar-refractivity contribution < 1.29 is 9.53 Å². The molecule has 2 fully saturated rings. The Bertz CT molecular complexity index is 1200. The third kappa shape index (κ3) is 4.37. The summed E-state index contributed by atoms with van der Waals surface area (Å²) >= 11 is 0. The zero-order valence-electron chi connectivity index (χ0n) is 20.7. The Morgan fingerprint density at radius 2 is 1.91 bits per heavy atom. The van der Waals surface area contributed by atoms with Crippen molar-refractivity contribution in [1.82, 2.24) is 14.3 Å². The minimum Gasteiger partial charge on any atom is -0.378 e. The molecule has 2 aliphatic rings. The van der Waals surface area contributed by atoms with E-state index >= 15 is 0 Å². The van der Waals surface area contributed by atoms with Crippen molar-refractivity contribution in [2.45, 2.75) is 34.1 Å². The Morgan fingerprint density at radius 3 is 2.65 bits per heavy atom. The lowest BCUT2D eigenvalue weighted by molar-refractivity contribution is 0.123. The highest BCUT2D eigenvalue weighted by atomic mass is 16.5. The Labute approximate surface area is 201 Å². The van der Waals surface area contributed by atoms with Crippen LogP contribution in [0.2, 0.25) is 0 Å². The van der Waals surface area contributed by atoms with Crippen molar-refractivity contribution in [3.8, 4) is 11.1 Å². The molecule has 1 N–H and O–H groups in total. The highest BCUT2D eigenvalue weighted by Gasteiger charge is 2.28. The van der Waals surface area contributed by atoms with Crippen molar-refractivity contribution in [1.29, 1.82) is 0 Å². The number of nitrogens with zero attached hydrogens (tertiary/aromatic N) is 4. The fraction of sp³-hybridized carbons (Fsp3) is 0.481. The molecule has 0 spiro atoms. The maximum atomic E-state index is 13.1. The summed E-state index contributed by atoms with van der Waals surface area (Å²) < 4.78 is 7.65. The number of urea groups is 1. The van der Waals surface area contributed by atoms with Gasteiger partial charge in [-0.05, 0) is 60.9 Å². The zero-order valence-corrected chi connectivity index (χ0v) is 20.7. The maximum Gasteiger partial charge on any atom is 0.321 e. The molecule has 7 nitrogen and oxygen atoms in total. The number of rotatable bonds is 4. The summed E-state index contributed by atoms with van der Waals surface area (Å²) in [6.45, 7) is 13.5. The Morgan fingerprint density at radius 1 is 1.12 bits per heavy atom. The first kappa shape index (κ1) is 22.7. The normalized spacial score (nSPS) is 18.8. The van der Waals surface area contributed by atoms with Gasteiger partial charge in [0.25, 0.3) is 0 Å². The Kier molecular flexibility index (Phi) is 6.21. The molecule has 2 saturated heterocycles. The van der Waals surface area contributed by atoms with E-state index in [0.29, 0.717) is 11.8 Å². The van der Waals surface area contributed by atoms with Crippen LogP contribution >= 0.6 is 0 Å². The van der Waals surface area contributed by atoms with E-state index in [0.717, 1.165) is 79.5 Å². The average molecular weight is 462 g/mol. The van der Waals surface area contributed by atoms with Gasteiger partial charge in [0, 0.05) is 56.0 Å². The van der Waals surface area contributed by atoms with Gasteiger partial charge in [-0.15, -0.1) is 0 Å². The number of hydrogen-bond acceptors (Lipinski definition) is 4. The predicted molar refractivity (Wildman–Crippen MR) is 137 cm³/mol. The highest BCUT2D eigenvalue weighted by Crippen LogP contribution is 2.34. The van der Waals surface area contributed by atoms with Gasteiger partial charge in [-0.25, -0.2) is 9.78 Å². The van der Waals surface area contributed by atoms with E-state index in [-0.39, 0.29) is 6.03 Å². The maximum absolute atomic E-state index is 13.1. The number of imidazole rings is 1. The largest absolute Gasteiger partial charge is 0.378 e. The molecule has 0 aliphatic carbocycles. The second kappa shape index (κ2) is 9.29. The number of carbonyl (C=O) groups excluding carboxylic acids is 1. The van der Waals surface area contributed by atoms with Gasteiger partial charge in [0.1, 0.15) is 0 Å². The van der Waals surface area contributed by atoms with E-state index in [9.17, 15) is 4.79 Å². The van der Waals surface area contributed by atoms with Crippen LogP contribution in [0, 0.1) is 25.7 Å². The lowest BCUT2D eigenvalue weighted by Crippen LogP contribution is -2.36. The molecule has 2 amide bonds. The summed E-state index contributed by atoms with van der Waals surface area (Å²) in [5.74, 6) is 1.19. The van der Waals surface area contributed by atoms with Crippen LogP contribution in [0.5, 0.6) is 0 Å². The second-order valence-electron chi connectivity index (χ2n) is 10.0. The van der Waals surface area contributed by atoms with Crippen LogP contribution in [-0.4, -0.2) is 59.7 Å². The third-order valence-electron chi connectivity index (χ3n) is 7.40. The molecule has 0 unspecified atom stereocenters. The summed E-state index contributed by atoms with van der Waals surface area (Å²) in [4.78, 5) is 22.0. The summed E-state index contributed by atoms with van der Waals surface area (Å²) in [5, 5.41) is 3.20. The minimum atomic E-state index is 0.000112. The molecule has 4 heterocycles.